The summed E-state index contributed by atoms with van der Waals surface area (Å²) in [6.45, 7) is 3.29. The molecule has 0 bridgehead atoms. The number of piperidine rings is 1. The van der Waals surface area contributed by atoms with Crippen molar-refractivity contribution >= 4 is 17.6 Å². The molecule has 170 valence electrons. The molecule has 2 aromatic rings. The van der Waals surface area contributed by atoms with E-state index in [1.54, 1.807) is 30.2 Å². The van der Waals surface area contributed by atoms with Crippen LogP contribution in [0.2, 0.25) is 0 Å². The molecule has 0 unspecified atom stereocenters. The lowest BCUT2D eigenvalue weighted by Crippen LogP contribution is -2.52. The average molecular weight is 439 g/mol. The second-order valence-electron chi connectivity index (χ2n) is 8.94. The highest BCUT2D eigenvalue weighted by molar-refractivity contribution is 5.84. The summed E-state index contributed by atoms with van der Waals surface area (Å²) in [5.41, 5.74) is 0.918. The molecule has 3 heterocycles. The molecule has 6 nitrogen and oxygen atoms in total. The summed E-state index contributed by atoms with van der Waals surface area (Å²) in [5.74, 6) is 0.596. The van der Waals surface area contributed by atoms with Crippen molar-refractivity contribution in [3.8, 4) is 0 Å². The number of pyridine rings is 1. The Morgan fingerprint density at radius 2 is 1.94 bits per heavy atom. The van der Waals surface area contributed by atoms with Gasteiger partial charge in [0.15, 0.2) is 0 Å². The summed E-state index contributed by atoms with van der Waals surface area (Å²) < 4.78 is 14.6. The Bertz CT molecular complexity index is 987. The van der Waals surface area contributed by atoms with Gasteiger partial charge in [0, 0.05) is 39.8 Å². The Morgan fingerprint density at radius 3 is 2.62 bits per heavy atom. The van der Waals surface area contributed by atoms with Gasteiger partial charge >= 0.3 is 0 Å². The lowest BCUT2D eigenvalue weighted by atomic mass is 9.72. The van der Waals surface area contributed by atoms with E-state index in [-0.39, 0.29) is 23.7 Å². The molecule has 32 heavy (non-hydrogen) atoms. The van der Waals surface area contributed by atoms with Gasteiger partial charge in [-0.05, 0) is 61.4 Å². The first-order valence-corrected chi connectivity index (χ1v) is 11.4. The van der Waals surface area contributed by atoms with Gasteiger partial charge in [0.25, 0.3) is 0 Å². The van der Waals surface area contributed by atoms with E-state index in [4.69, 9.17) is 0 Å². The fraction of sp³-hybridized carbons (Fsp3) is 0.480. The Balaban J connectivity index is 1.65. The van der Waals surface area contributed by atoms with Crippen molar-refractivity contribution in [3.05, 3.63) is 59.5 Å². The standard InChI is InChI=1S/C25H31FN4O2/c1-18(31)29-14-10-25(11-15-29,17-20-6-3-4-7-21(20)26)24(32)30-13-5-8-22(30)19-9-12-28-23(16-19)27-2/h3-4,6-7,9,12,16,22H,5,8,10-11,13-15,17H2,1-2H3,(H,27,28)/t22-/m1/s1. The van der Waals surface area contributed by atoms with Gasteiger partial charge in [-0.25, -0.2) is 9.37 Å². The summed E-state index contributed by atoms with van der Waals surface area (Å²) in [6.07, 6.45) is 5.04. The molecule has 4 rings (SSSR count). The molecule has 2 fully saturated rings. The second kappa shape index (κ2) is 9.27. The monoisotopic (exact) mass is 438 g/mol. The number of amides is 2. The number of carbonyl (C=O) groups is 2. The maximum atomic E-state index is 14.6. The maximum absolute atomic E-state index is 14.6. The summed E-state index contributed by atoms with van der Waals surface area (Å²) in [4.78, 5) is 34.1. The highest BCUT2D eigenvalue weighted by atomic mass is 19.1. The van der Waals surface area contributed by atoms with Gasteiger partial charge in [-0.15, -0.1) is 0 Å². The molecule has 1 N–H and O–H groups in total. The first-order valence-electron chi connectivity index (χ1n) is 11.4. The van der Waals surface area contributed by atoms with Crippen LogP contribution in [0.5, 0.6) is 0 Å². The van der Waals surface area contributed by atoms with E-state index in [1.807, 2.05) is 30.1 Å². The first-order chi connectivity index (χ1) is 15.4. The molecule has 1 aromatic heterocycles. The Kier molecular flexibility index (Phi) is 6.44. The van der Waals surface area contributed by atoms with Gasteiger partial charge in [0.05, 0.1) is 11.5 Å². The molecule has 2 aliphatic rings. The van der Waals surface area contributed by atoms with E-state index in [0.717, 1.165) is 24.2 Å². The third kappa shape index (κ3) is 4.33. The van der Waals surface area contributed by atoms with Crippen LogP contribution in [-0.2, 0) is 16.0 Å². The summed E-state index contributed by atoms with van der Waals surface area (Å²) in [6, 6.07) is 10.7. The molecule has 1 aromatic carbocycles. The number of hydrogen-bond acceptors (Lipinski definition) is 4. The SMILES string of the molecule is CNc1cc([C@H]2CCCN2C(=O)C2(Cc3ccccc3F)CCN(C(C)=O)CC2)ccn1. The summed E-state index contributed by atoms with van der Waals surface area (Å²) in [5, 5.41) is 3.07. The molecule has 2 aliphatic heterocycles. The highest BCUT2D eigenvalue weighted by Crippen LogP contribution is 2.42. The predicted molar refractivity (Wildman–Crippen MR) is 121 cm³/mol. The largest absolute Gasteiger partial charge is 0.373 e. The van der Waals surface area contributed by atoms with Gasteiger partial charge in [0.2, 0.25) is 11.8 Å². The molecular formula is C25H31FN4O2. The molecule has 0 saturated carbocycles. The number of nitrogens with zero attached hydrogens (tertiary/aromatic N) is 3. The molecule has 0 aliphatic carbocycles. The number of anilines is 1. The second-order valence-corrected chi connectivity index (χ2v) is 8.94. The molecule has 2 amide bonds. The van der Waals surface area contributed by atoms with Gasteiger partial charge in [-0.1, -0.05) is 18.2 Å². The normalized spacial score (nSPS) is 20.3. The zero-order valence-corrected chi connectivity index (χ0v) is 18.8. The lowest BCUT2D eigenvalue weighted by molar-refractivity contribution is -0.149. The minimum Gasteiger partial charge on any atom is -0.373 e. The maximum Gasteiger partial charge on any atom is 0.229 e. The minimum absolute atomic E-state index is 0.0130. The topological polar surface area (TPSA) is 65.5 Å². The van der Waals surface area contributed by atoms with Crippen LogP contribution < -0.4 is 5.32 Å². The number of rotatable bonds is 5. The van der Waals surface area contributed by atoms with Crippen LogP contribution in [0, 0.1) is 11.2 Å². The summed E-state index contributed by atoms with van der Waals surface area (Å²) in [7, 11) is 1.83. The van der Waals surface area contributed by atoms with E-state index in [9.17, 15) is 14.0 Å². The fourth-order valence-corrected chi connectivity index (χ4v) is 5.17. The van der Waals surface area contributed by atoms with E-state index in [2.05, 4.69) is 10.3 Å². The van der Waals surface area contributed by atoms with Crippen molar-refractivity contribution in [2.24, 2.45) is 5.41 Å². The number of aromatic nitrogens is 1. The van der Waals surface area contributed by atoms with Crippen molar-refractivity contribution in [3.63, 3.8) is 0 Å². The average Bonchev–Trinajstić information content (AvgIpc) is 3.30. The van der Waals surface area contributed by atoms with Crippen LogP contribution in [0.25, 0.3) is 0 Å². The third-order valence-corrected chi connectivity index (χ3v) is 7.04. The van der Waals surface area contributed by atoms with Crippen LogP contribution >= 0.6 is 0 Å². The van der Waals surface area contributed by atoms with Gasteiger partial charge in [-0.2, -0.15) is 0 Å². The number of benzene rings is 1. The van der Waals surface area contributed by atoms with Crippen LogP contribution in [0.15, 0.2) is 42.6 Å². The van der Waals surface area contributed by atoms with E-state index < -0.39 is 5.41 Å². The zero-order valence-electron chi connectivity index (χ0n) is 18.8. The fourth-order valence-electron chi connectivity index (χ4n) is 5.17. The molecule has 1 atom stereocenters. The zero-order chi connectivity index (χ0) is 22.7. The number of carbonyl (C=O) groups excluding carboxylic acids is 2. The minimum atomic E-state index is -0.713. The first kappa shape index (κ1) is 22.2. The molecule has 7 heteroatoms. The van der Waals surface area contributed by atoms with Crippen LogP contribution in [-0.4, -0.2) is 53.3 Å². The molecular weight excluding hydrogens is 407 g/mol. The van der Waals surface area contributed by atoms with Crippen LogP contribution in [0.3, 0.4) is 0 Å². The van der Waals surface area contributed by atoms with Gasteiger partial charge < -0.3 is 15.1 Å². The quantitative estimate of drug-likeness (QED) is 0.771. The Hall–Kier alpha value is -2.96. The highest BCUT2D eigenvalue weighted by Gasteiger charge is 2.47. The van der Waals surface area contributed by atoms with Crippen LogP contribution in [0.1, 0.15) is 49.8 Å². The van der Waals surface area contributed by atoms with Crippen molar-refractivity contribution in [1.29, 1.82) is 0 Å². The van der Waals surface area contributed by atoms with Crippen molar-refractivity contribution in [2.75, 3.05) is 32.0 Å². The predicted octanol–water partition coefficient (Wildman–Crippen LogP) is 3.80. The Labute approximate surface area is 188 Å². The summed E-state index contributed by atoms with van der Waals surface area (Å²) >= 11 is 0. The van der Waals surface area contributed by atoms with Crippen LogP contribution in [0.4, 0.5) is 10.2 Å². The van der Waals surface area contributed by atoms with E-state index in [0.29, 0.717) is 44.5 Å². The van der Waals surface area contributed by atoms with Crippen molar-refractivity contribution < 1.29 is 14.0 Å². The van der Waals surface area contributed by atoms with E-state index >= 15 is 0 Å². The van der Waals surface area contributed by atoms with E-state index in [1.165, 1.54) is 6.07 Å². The number of likely N-dealkylation sites (tertiary alicyclic amines) is 2. The molecule has 2 saturated heterocycles. The van der Waals surface area contributed by atoms with Crippen molar-refractivity contribution in [1.82, 2.24) is 14.8 Å². The third-order valence-electron chi connectivity index (χ3n) is 7.04. The lowest BCUT2D eigenvalue weighted by Gasteiger charge is -2.43. The Morgan fingerprint density at radius 1 is 1.19 bits per heavy atom. The van der Waals surface area contributed by atoms with Crippen molar-refractivity contribution in [2.45, 2.75) is 45.1 Å². The number of nitrogens with one attached hydrogen (secondary N) is 1. The van der Waals surface area contributed by atoms with Gasteiger partial charge in [-0.3, -0.25) is 9.59 Å². The molecule has 0 radical (unpaired) electrons. The number of hydrogen-bond donors (Lipinski definition) is 1. The number of halogens is 1. The van der Waals surface area contributed by atoms with Gasteiger partial charge in [0.1, 0.15) is 11.6 Å². The molecule has 0 spiro atoms. The smallest absolute Gasteiger partial charge is 0.229 e.